The fourth-order valence-corrected chi connectivity index (χ4v) is 5.86. The molecule has 2 fully saturated rings. The van der Waals surface area contributed by atoms with Gasteiger partial charge in [0.25, 0.3) is 0 Å². The number of rotatable bonds is 8. The molecular formula is C31H32BrN5O4. The highest BCUT2D eigenvalue weighted by Crippen LogP contribution is 2.30. The number of amides is 4. The molecule has 2 aliphatic rings. The van der Waals surface area contributed by atoms with E-state index in [9.17, 15) is 19.5 Å². The quantitative estimate of drug-likeness (QED) is 0.374. The summed E-state index contributed by atoms with van der Waals surface area (Å²) in [6.07, 6.45) is 1.18. The van der Waals surface area contributed by atoms with Crippen molar-refractivity contribution >= 4 is 33.8 Å². The van der Waals surface area contributed by atoms with Crippen molar-refractivity contribution < 1.29 is 19.5 Å². The van der Waals surface area contributed by atoms with E-state index in [0.29, 0.717) is 13.1 Å². The monoisotopic (exact) mass is 617 g/mol. The first-order chi connectivity index (χ1) is 19.8. The van der Waals surface area contributed by atoms with Gasteiger partial charge >= 0.3 is 6.03 Å². The molecule has 41 heavy (non-hydrogen) atoms. The maximum atomic E-state index is 14.0. The molecule has 5 rings (SSSR count). The number of hydrazine groups is 1. The Balaban J connectivity index is 1.49. The number of aromatic hydroxyl groups is 1. The van der Waals surface area contributed by atoms with E-state index in [4.69, 9.17) is 0 Å². The smallest absolute Gasteiger partial charge is 0.334 e. The van der Waals surface area contributed by atoms with Gasteiger partial charge in [-0.25, -0.2) is 14.8 Å². The van der Waals surface area contributed by atoms with Crippen LogP contribution in [0.3, 0.4) is 0 Å². The van der Waals surface area contributed by atoms with Gasteiger partial charge in [0.15, 0.2) is 0 Å². The molecule has 2 N–H and O–H groups in total. The summed E-state index contributed by atoms with van der Waals surface area (Å²) in [5.74, 6) is -0.305. The average molecular weight is 619 g/mol. The number of benzene rings is 3. The van der Waals surface area contributed by atoms with E-state index >= 15 is 0 Å². The summed E-state index contributed by atoms with van der Waals surface area (Å²) >= 11 is 3.50. The van der Waals surface area contributed by atoms with Crippen LogP contribution in [0.15, 0.2) is 96.0 Å². The Kier molecular flexibility index (Phi) is 8.70. The van der Waals surface area contributed by atoms with E-state index in [1.54, 1.807) is 50.2 Å². The third-order valence-electron chi connectivity index (χ3n) is 7.29. The average Bonchev–Trinajstić information content (AvgIpc) is 2.96. The molecule has 2 atom stereocenters. The zero-order chi connectivity index (χ0) is 28.9. The summed E-state index contributed by atoms with van der Waals surface area (Å²) in [6, 6.07) is 22.7. The molecule has 9 nitrogen and oxygen atoms in total. The molecule has 4 amide bonds. The van der Waals surface area contributed by atoms with Crippen molar-refractivity contribution in [3.63, 3.8) is 0 Å². The summed E-state index contributed by atoms with van der Waals surface area (Å²) in [5, 5.41) is 16.0. The highest BCUT2D eigenvalue weighted by atomic mass is 79.9. The number of nitrogens with one attached hydrogen (secondary N) is 1. The molecular weight excluding hydrogens is 586 g/mol. The SMILES string of the molecule is C=CCN1CC(=O)N2C(Cc3ccc(O)cc3)C(=O)N(Cc3cccc(Br)c3)CC2N1C(=O)NCc1ccccc1. The van der Waals surface area contributed by atoms with E-state index < -0.39 is 12.2 Å². The van der Waals surface area contributed by atoms with E-state index in [2.05, 4.69) is 27.8 Å². The van der Waals surface area contributed by atoms with Crippen LogP contribution in [0, 0.1) is 0 Å². The molecule has 0 bridgehead atoms. The van der Waals surface area contributed by atoms with Crippen LogP contribution in [0.1, 0.15) is 16.7 Å². The second-order valence-corrected chi connectivity index (χ2v) is 11.1. The lowest BCUT2D eigenvalue weighted by Gasteiger charge is -2.55. The number of fused-ring (bicyclic) bond motifs is 1. The predicted octanol–water partition coefficient (Wildman–Crippen LogP) is 3.89. The maximum Gasteiger partial charge on any atom is 0.334 e. The highest BCUT2D eigenvalue weighted by Gasteiger charge is 2.51. The largest absolute Gasteiger partial charge is 0.508 e. The normalized spacial score (nSPS) is 19.2. The van der Waals surface area contributed by atoms with Crippen LogP contribution in [0.25, 0.3) is 0 Å². The van der Waals surface area contributed by atoms with Crippen LogP contribution in [0.4, 0.5) is 4.79 Å². The van der Waals surface area contributed by atoms with Gasteiger partial charge in [-0.2, -0.15) is 0 Å². The van der Waals surface area contributed by atoms with Crippen molar-refractivity contribution in [3.8, 4) is 5.75 Å². The molecule has 2 unspecified atom stereocenters. The molecule has 3 aromatic carbocycles. The van der Waals surface area contributed by atoms with Crippen LogP contribution < -0.4 is 5.32 Å². The molecule has 0 spiro atoms. The third kappa shape index (κ3) is 6.44. The number of nitrogens with zero attached hydrogens (tertiary/aromatic N) is 4. The van der Waals surface area contributed by atoms with Gasteiger partial charge in [-0.3, -0.25) is 9.59 Å². The summed E-state index contributed by atoms with van der Waals surface area (Å²) in [7, 11) is 0. The fourth-order valence-electron chi connectivity index (χ4n) is 5.41. The molecule has 2 heterocycles. The van der Waals surface area contributed by atoms with Gasteiger partial charge in [-0.05, 0) is 41.0 Å². The Morgan fingerprint density at radius 1 is 1.00 bits per heavy atom. The Bertz CT molecular complexity index is 1420. The Hall–Kier alpha value is -4.15. The van der Waals surface area contributed by atoms with Gasteiger partial charge < -0.3 is 20.2 Å². The summed E-state index contributed by atoms with van der Waals surface area (Å²) in [6.45, 7) is 4.84. The molecule has 0 saturated carbocycles. The van der Waals surface area contributed by atoms with Crippen molar-refractivity contribution in [1.29, 1.82) is 0 Å². The molecule has 2 aliphatic heterocycles. The summed E-state index contributed by atoms with van der Waals surface area (Å²) < 4.78 is 0.897. The second-order valence-electron chi connectivity index (χ2n) is 10.1. The molecule has 0 radical (unpaired) electrons. The molecule has 3 aromatic rings. The second kappa shape index (κ2) is 12.6. The van der Waals surface area contributed by atoms with Crippen LogP contribution in [-0.4, -0.2) is 74.6 Å². The zero-order valence-corrected chi connectivity index (χ0v) is 24.1. The van der Waals surface area contributed by atoms with E-state index in [1.165, 1.54) is 0 Å². The van der Waals surface area contributed by atoms with E-state index in [0.717, 1.165) is 21.2 Å². The van der Waals surface area contributed by atoms with Gasteiger partial charge in [0.05, 0.1) is 13.1 Å². The van der Waals surface area contributed by atoms with Crippen molar-refractivity contribution in [2.75, 3.05) is 19.6 Å². The fraction of sp³-hybridized carbons (Fsp3) is 0.258. The number of piperazine rings is 1. The number of hydrogen-bond acceptors (Lipinski definition) is 5. The topological polar surface area (TPSA) is 96.4 Å². The zero-order valence-electron chi connectivity index (χ0n) is 22.5. The van der Waals surface area contributed by atoms with Gasteiger partial charge in [0.2, 0.25) is 11.8 Å². The van der Waals surface area contributed by atoms with Crippen LogP contribution in [-0.2, 0) is 29.1 Å². The Morgan fingerprint density at radius 3 is 2.44 bits per heavy atom. The first kappa shape index (κ1) is 28.4. The maximum absolute atomic E-state index is 14.0. The summed E-state index contributed by atoms with van der Waals surface area (Å²) in [5.41, 5.74) is 2.67. The van der Waals surface area contributed by atoms with E-state index in [1.807, 2.05) is 54.6 Å². The number of halogens is 1. The lowest BCUT2D eigenvalue weighted by atomic mass is 9.98. The predicted molar refractivity (Wildman–Crippen MR) is 158 cm³/mol. The first-order valence-electron chi connectivity index (χ1n) is 13.4. The first-order valence-corrected chi connectivity index (χ1v) is 14.2. The van der Waals surface area contributed by atoms with Crippen LogP contribution in [0.5, 0.6) is 5.75 Å². The number of phenols is 1. The molecule has 2 saturated heterocycles. The van der Waals surface area contributed by atoms with Crippen molar-refractivity contribution in [1.82, 2.24) is 25.1 Å². The van der Waals surface area contributed by atoms with Crippen molar-refractivity contribution in [2.24, 2.45) is 0 Å². The van der Waals surface area contributed by atoms with E-state index in [-0.39, 0.29) is 49.7 Å². The minimum absolute atomic E-state index is 0.0632. The van der Waals surface area contributed by atoms with Crippen LogP contribution >= 0.6 is 15.9 Å². The van der Waals surface area contributed by atoms with Gasteiger partial charge in [0, 0.05) is 30.5 Å². The third-order valence-corrected chi connectivity index (χ3v) is 7.79. The van der Waals surface area contributed by atoms with Gasteiger partial charge in [-0.15, -0.1) is 6.58 Å². The minimum atomic E-state index is -0.826. The Morgan fingerprint density at radius 2 is 1.73 bits per heavy atom. The number of hydrogen-bond donors (Lipinski definition) is 2. The molecule has 10 heteroatoms. The number of phenolic OH excluding ortho intramolecular Hbond substituents is 1. The van der Waals surface area contributed by atoms with Crippen molar-refractivity contribution in [3.05, 3.63) is 113 Å². The van der Waals surface area contributed by atoms with Crippen LogP contribution in [0.2, 0.25) is 0 Å². The highest BCUT2D eigenvalue weighted by molar-refractivity contribution is 9.10. The lowest BCUT2D eigenvalue weighted by Crippen LogP contribution is -2.76. The number of urea groups is 1. The summed E-state index contributed by atoms with van der Waals surface area (Å²) in [4.78, 5) is 44.7. The van der Waals surface area contributed by atoms with Crippen molar-refractivity contribution in [2.45, 2.75) is 31.7 Å². The molecule has 0 aromatic heterocycles. The molecule has 212 valence electrons. The minimum Gasteiger partial charge on any atom is -0.508 e. The van der Waals surface area contributed by atoms with Gasteiger partial charge in [0.1, 0.15) is 18.0 Å². The number of carbonyl (C=O) groups excluding carboxylic acids is 3. The standard InChI is InChI=1S/C31H32BrN5O4/c1-2-15-35-21-29(39)36-27(17-22-11-13-26(38)14-12-22)30(40)34(19-24-9-6-10-25(32)16-24)20-28(36)37(35)31(41)33-18-23-7-4-3-5-8-23/h2-14,16,27-28,38H,1,15,17-21H2,(H,33,41). The lowest BCUT2D eigenvalue weighted by molar-refractivity contribution is -0.189. The Labute approximate surface area is 247 Å². The van der Waals surface area contributed by atoms with Gasteiger partial charge in [-0.1, -0.05) is 76.6 Å². The molecule has 0 aliphatic carbocycles. The number of carbonyl (C=O) groups is 3.